The molecule has 2 atom stereocenters. The number of amides is 1. The van der Waals surface area contributed by atoms with Gasteiger partial charge in [-0.1, -0.05) is 22.0 Å². The van der Waals surface area contributed by atoms with Gasteiger partial charge in [-0.05, 0) is 18.2 Å². The lowest BCUT2D eigenvalue weighted by molar-refractivity contribution is -0.141. The monoisotopic (exact) mass is 327 g/mol. The van der Waals surface area contributed by atoms with Crippen LogP contribution in [0.25, 0.3) is 0 Å². The van der Waals surface area contributed by atoms with Crippen molar-refractivity contribution in [2.75, 3.05) is 13.7 Å². The highest BCUT2D eigenvalue weighted by atomic mass is 79.9. The fourth-order valence-corrected chi connectivity index (χ4v) is 2.61. The van der Waals surface area contributed by atoms with Gasteiger partial charge in [0, 0.05) is 30.1 Å². The lowest BCUT2D eigenvalue weighted by atomic mass is 10.1. The Morgan fingerprint density at radius 2 is 2.21 bits per heavy atom. The number of benzene rings is 1. The van der Waals surface area contributed by atoms with Gasteiger partial charge in [0.25, 0.3) is 5.91 Å². The topological polar surface area (TPSA) is 66.8 Å². The molecule has 102 valence electrons. The Kier molecular flexibility index (Phi) is 4.21. The number of carbonyl (C=O) groups is 2. The van der Waals surface area contributed by atoms with Crippen LogP contribution < -0.4 is 0 Å². The third-order valence-corrected chi connectivity index (χ3v) is 3.71. The zero-order valence-corrected chi connectivity index (χ0v) is 12.0. The second-order valence-corrected chi connectivity index (χ2v) is 5.33. The van der Waals surface area contributed by atoms with Crippen molar-refractivity contribution in [1.82, 2.24) is 4.90 Å². The van der Waals surface area contributed by atoms with E-state index < -0.39 is 12.0 Å². The molecule has 1 N–H and O–H groups in total. The zero-order valence-electron chi connectivity index (χ0n) is 10.4. The Morgan fingerprint density at radius 3 is 2.79 bits per heavy atom. The van der Waals surface area contributed by atoms with Gasteiger partial charge in [-0.3, -0.25) is 4.79 Å². The van der Waals surface area contributed by atoms with Gasteiger partial charge in [-0.25, -0.2) is 4.79 Å². The van der Waals surface area contributed by atoms with E-state index >= 15 is 0 Å². The molecule has 1 saturated heterocycles. The van der Waals surface area contributed by atoms with E-state index in [-0.39, 0.29) is 12.0 Å². The molecule has 6 heteroatoms. The van der Waals surface area contributed by atoms with E-state index in [9.17, 15) is 14.7 Å². The number of methoxy groups -OCH3 is 1. The Labute approximate surface area is 119 Å². The summed E-state index contributed by atoms with van der Waals surface area (Å²) >= 11 is 3.30. The van der Waals surface area contributed by atoms with E-state index in [1.165, 1.54) is 12.0 Å². The van der Waals surface area contributed by atoms with E-state index in [0.717, 1.165) is 4.47 Å². The normalized spacial score (nSPS) is 22.5. The van der Waals surface area contributed by atoms with Crippen LogP contribution in [0.15, 0.2) is 28.7 Å². The summed E-state index contributed by atoms with van der Waals surface area (Å²) in [6, 6.07) is 6.09. The summed E-state index contributed by atoms with van der Waals surface area (Å²) in [5, 5.41) is 9.19. The van der Waals surface area contributed by atoms with Crippen LogP contribution in [-0.2, 0) is 9.53 Å². The van der Waals surface area contributed by atoms with Crippen LogP contribution >= 0.6 is 15.9 Å². The van der Waals surface area contributed by atoms with Crippen LogP contribution in [0.5, 0.6) is 0 Å². The first kappa shape index (κ1) is 14.0. The summed E-state index contributed by atoms with van der Waals surface area (Å²) in [6.07, 6.45) is 0.100. The smallest absolute Gasteiger partial charge is 0.326 e. The summed E-state index contributed by atoms with van der Waals surface area (Å²) in [6.45, 7) is 0.304. The predicted octanol–water partition coefficient (Wildman–Crippen LogP) is 1.76. The van der Waals surface area contributed by atoms with Gasteiger partial charge in [0.05, 0.1) is 6.10 Å². The molecular weight excluding hydrogens is 314 g/mol. The van der Waals surface area contributed by atoms with Crippen molar-refractivity contribution >= 4 is 27.8 Å². The number of hydrogen-bond acceptors (Lipinski definition) is 3. The average molecular weight is 328 g/mol. The SMILES string of the molecule is COC1CC(C(=O)O)N(C(=O)c2cccc(Br)c2)C1. The standard InChI is InChI=1S/C13H14BrNO4/c1-19-10-6-11(13(17)18)15(7-10)12(16)8-3-2-4-9(14)5-8/h2-5,10-11H,6-7H2,1H3,(H,17,18). The van der Waals surface area contributed by atoms with E-state index in [0.29, 0.717) is 18.5 Å². The second-order valence-electron chi connectivity index (χ2n) is 4.42. The molecule has 1 aliphatic rings. The lowest BCUT2D eigenvalue weighted by Crippen LogP contribution is -2.40. The number of nitrogens with zero attached hydrogens (tertiary/aromatic N) is 1. The van der Waals surface area contributed by atoms with Crippen molar-refractivity contribution in [3.05, 3.63) is 34.3 Å². The van der Waals surface area contributed by atoms with Crippen molar-refractivity contribution in [3.63, 3.8) is 0 Å². The van der Waals surface area contributed by atoms with Crippen LogP contribution in [0.2, 0.25) is 0 Å². The quantitative estimate of drug-likeness (QED) is 0.918. The van der Waals surface area contributed by atoms with Crippen LogP contribution in [0, 0.1) is 0 Å². The number of halogens is 1. The van der Waals surface area contributed by atoms with Crippen LogP contribution in [0.4, 0.5) is 0 Å². The highest BCUT2D eigenvalue weighted by Gasteiger charge is 2.40. The minimum Gasteiger partial charge on any atom is -0.480 e. The van der Waals surface area contributed by atoms with Gasteiger partial charge in [-0.15, -0.1) is 0 Å². The van der Waals surface area contributed by atoms with Gasteiger partial charge in [0.2, 0.25) is 0 Å². The minimum atomic E-state index is -0.997. The molecule has 0 aromatic heterocycles. The van der Waals surface area contributed by atoms with E-state index in [1.54, 1.807) is 18.2 Å². The number of rotatable bonds is 3. The van der Waals surface area contributed by atoms with E-state index in [4.69, 9.17) is 4.74 Å². The first-order valence-corrected chi connectivity index (χ1v) is 6.64. The molecule has 1 aromatic carbocycles. The van der Waals surface area contributed by atoms with Crippen LogP contribution in [0.3, 0.4) is 0 Å². The fourth-order valence-electron chi connectivity index (χ4n) is 2.21. The molecule has 0 radical (unpaired) electrons. The first-order chi connectivity index (χ1) is 9.02. The van der Waals surface area contributed by atoms with Gasteiger partial charge >= 0.3 is 5.97 Å². The third kappa shape index (κ3) is 2.96. The molecule has 5 nitrogen and oxygen atoms in total. The molecule has 0 saturated carbocycles. The molecule has 0 spiro atoms. The number of carbonyl (C=O) groups excluding carboxylic acids is 1. The van der Waals surface area contributed by atoms with E-state index in [2.05, 4.69) is 15.9 Å². The molecule has 1 aromatic rings. The number of hydrogen-bond donors (Lipinski definition) is 1. The van der Waals surface area contributed by atoms with Crippen molar-refractivity contribution in [1.29, 1.82) is 0 Å². The molecule has 1 fully saturated rings. The molecule has 2 unspecified atom stereocenters. The fraction of sp³-hybridized carbons (Fsp3) is 0.385. The predicted molar refractivity (Wildman–Crippen MR) is 72.0 cm³/mol. The van der Waals surface area contributed by atoms with Crippen molar-refractivity contribution in [2.45, 2.75) is 18.6 Å². The molecule has 0 bridgehead atoms. The number of ether oxygens (including phenoxy) is 1. The Morgan fingerprint density at radius 1 is 1.47 bits per heavy atom. The molecule has 2 rings (SSSR count). The number of carboxylic acids is 1. The number of likely N-dealkylation sites (tertiary alicyclic amines) is 1. The van der Waals surface area contributed by atoms with Crippen molar-refractivity contribution in [2.24, 2.45) is 0 Å². The molecule has 1 heterocycles. The minimum absolute atomic E-state index is 0.225. The lowest BCUT2D eigenvalue weighted by Gasteiger charge is -2.21. The Hall–Kier alpha value is -1.40. The van der Waals surface area contributed by atoms with Gasteiger partial charge < -0.3 is 14.7 Å². The van der Waals surface area contributed by atoms with Crippen molar-refractivity contribution < 1.29 is 19.4 Å². The van der Waals surface area contributed by atoms with Gasteiger partial charge in [0.15, 0.2) is 0 Å². The molecule has 19 heavy (non-hydrogen) atoms. The number of carboxylic acid groups (broad SMARTS) is 1. The van der Waals surface area contributed by atoms with Crippen LogP contribution in [-0.4, -0.2) is 47.7 Å². The summed E-state index contributed by atoms with van der Waals surface area (Å²) in [4.78, 5) is 24.9. The van der Waals surface area contributed by atoms with E-state index in [1.807, 2.05) is 6.07 Å². The van der Waals surface area contributed by atoms with Gasteiger partial charge in [0.1, 0.15) is 6.04 Å². The maximum atomic E-state index is 12.4. The summed E-state index contributed by atoms with van der Waals surface area (Å²) in [5.41, 5.74) is 0.470. The summed E-state index contributed by atoms with van der Waals surface area (Å²) in [5.74, 6) is -1.28. The average Bonchev–Trinajstić information content (AvgIpc) is 2.82. The first-order valence-electron chi connectivity index (χ1n) is 5.85. The molecule has 0 aliphatic carbocycles. The second kappa shape index (κ2) is 5.71. The molecule has 1 aliphatic heterocycles. The maximum Gasteiger partial charge on any atom is 0.326 e. The number of aliphatic carboxylic acids is 1. The Bertz CT molecular complexity index is 505. The maximum absolute atomic E-state index is 12.4. The van der Waals surface area contributed by atoms with Crippen molar-refractivity contribution in [3.8, 4) is 0 Å². The molecule has 1 amide bonds. The highest BCUT2D eigenvalue weighted by Crippen LogP contribution is 2.23. The summed E-state index contributed by atoms with van der Waals surface area (Å²) in [7, 11) is 1.52. The third-order valence-electron chi connectivity index (χ3n) is 3.21. The summed E-state index contributed by atoms with van der Waals surface area (Å²) < 4.78 is 5.95. The van der Waals surface area contributed by atoms with Gasteiger partial charge in [-0.2, -0.15) is 0 Å². The molecular formula is C13H14BrNO4. The zero-order chi connectivity index (χ0) is 14.0. The van der Waals surface area contributed by atoms with Crippen LogP contribution in [0.1, 0.15) is 16.8 Å². The highest BCUT2D eigenvalue weighted by molar-refractivity contribution is 9.10. The Balaban J connectivity index is 2.24. The largest absolute Gasteiger partial charge is 0.480 e.